The Morgan fingerprint density at radius 2 is 1.45 bits per heavy atom. The molecule has 3 saturated heterocycles. The minimum Gasteiger partial charge on any atom is -0.508 e. The molecule has 1 spiro atoms. The highest BCUT2D eigenvalue weighted by molar-refractivity contribution is 7.15. The number of phenols is 1. The maximum Gasteiger partial charge on any atom is 0.162 e. The van der Waals surface area contributed by atoms with E-state index in [0.29, 0.717) is 40.4 Å². The van der Waals surface area contributed by atoms with Crippen LogP contribution in [0.25, 0.3) is 16.1 Å². The lowest BCUT2D eigenvalue weighted by molar-refractivity contribution is 0.0648. The quantitative estimate of drug-likeness (QED) is 0.171. The molecule has 0 radical (unpaired) electrons. The minimum atomic E-state index is -1.00. The number of benzene rings is 4. The van der Waals surface area contributed by atoms with Crippen LogP contribution < -0.4 is 14.5 Å². The molecule has 13 heteroatoms. The smallest absolute Gasteiger partial charge is 0.162 e. The first-order chi connectivity index (χ1) is 31.8. The van der Waals surface area contributed by atoms with E-state index in [2.05, 4.69) is 86.6 Å². The van der Waals surface area contributed by atoms with Crippen molar-refractivity contribution in [3.8, 4) is 16.5 Å². The van der Waals surface area contributed by atoms with E-state index >= 15 is 8.78 Å². The zero-order valence-corrected chi connectivity index (χ0v) is 38.9. The molecule has 0 bridgehead atoms. The van der Waals surface area contributed by atoms with Gasteiger partial charge >= 0.3 is 0 Å². The second-order valence-electron chi connectivity index (χ2n) is 19.2. The average Bonchev–Trinajstić information content (AvgIpc) is 3.79. The molecule has 2 atom stereocenters. The Bertz CT molecular complexity index is 2890. The summed E-state index contributed by atoms with van der Waals surface area (Å²) in [5, 5.41) is 20.3. The van der Waals surface area contributed by atoms with Crippen LogP contribution in [0.5, 0.6) is 11.5 Å². The number of rotatable bonds is 7. The Hall–Kier alpha value is -5.92. The highest BCUT2D eigenvalue weighted by Crippen LogP contribution is 2.49. The molecule has 4 aromatic carbocycles. The molecule has 3 fully saturated rings. The molecule has 340 valence electrons. The Morgan fingerprint density at radius 3 is 2.15 bits per heavy atom. The van der Waals surface area contributed by atoms with Crippen molar-refractivity contribution in [2.24, 2.45) is 16.3 Å². The van der Waals surface area contributed by atoms with E-state index in [0.717, 1.165) is 97.8 Å². The van der Waals surface area contributed by atoms with Gasteiger partial charge in [0.15, 0.2) is 5.82 Å². The van der Waals surface area contributed by atoms with Gasteiger partial charge in [-0.25, -0.2) is 13.2 Å². The third-order valence-electron chi connectivity index (χ3n) is 15.1. The third kappa shape index (κ3) is 7.38. The number of allylic oxidation sites excluding steroid dienone is 1. The van der Waals surface area contributed by atoms with Crippen molar-refractivity contribution in [2.45, 2.75) is 72.4 Å². The van der Waals surface area contributed by atoms with Crippen LogP contribution >= 0.6 is 11.3 Å². The second kappa shape index (κ2) is 16.4. The van der Waals surface area contributed by atoms with Crippen LogP contribution in [0.3, 0.4) is 0 Å². The summed E-state index contributed by atoms with van der Waals surface area (Å²) in [5.41, 5.74) is 9.15. The Morgan fingerprint density at radius 1 is 0.788 bits per heavy atom. The summed E-state index contributed by atoms with van der Waals surface area (Å²) in [4.78, 5) is 14.2. The van der Waals surface area contributed by atoms with Gasteiger partial charge in [0.1, 0.15) is 51.9 Å². The van der Waals surface area contributed by atoms with E-state index in [1.165, 1.54) is 46.7 Å². The number of thiophene rings is 1. The summed E-state index contributed by atoms with van der Waals surface area (Å²) in [6.07, 6.45) is 3.87. The fraction of sp³-hybridized carbons (Fsp3) is 0.377. The van der Waals surface area contributed by atoms with Crippen LogP contribution in [0.1, 0.15) is 102 Å². The number of hydrogen-bond donors (Lipinski definition) is 1. The molecular weight excluding hydrogens is 856 g/mol. The number of piperidine rings is 2. The number of aromatic hydroxyl groups is 1. The lowest BCUT2D eigenvalue weighted by atomic mass is 9.71. The molecule has 5 aliphatic heterocycles. The maximum absolute atomic E-state index is 15.3. The second-order valence-corrected chi connectivity index (χ2v) is 20.4. The molecule has 9 nitrogen and oxygen atoms in total. The predicted molar refractivity (Wildman–Crippen MR) is 256 cm³/mol. The van der Waals surface area contributed by atoms with Gasteiger partial charge in [-0.3, -0.25) is 9.56 Å². The number of ether oxygens (including phenoxy) is 1. The summed E-state index contributed by atoms with van der Waals surface area (Å²) in [6, 6.07) is 23.1. The number of aliphatic imine (C=N–C) groups is 1. The number of nitrogens with zero attached hydrogens (tertiary/aromatic N) is 7. The number of phenolic OH excluding ortho intramolecular Hbond substituents is 1. The SMILES string of the molecule is CC1=C(c2c(F)cc(F)cc2F)[C@@H](c2ccc(N3CCC(CN4CCC5(CC4)CN(c4ccc(C6=N[C@@H](C)c7nnc(C)n7-c7sc(C)c(C)c76)cc4)C5)CC3)cc2)Oc2ccc(O)cc21. The van der Waals surface area contributed by atoms with Gasteiger partial charge < -0.3 is 24.5 Å². The van der Waals surface area contributed by atoms with Crippen LogP contribution in [-0.2, 0) is 0 Å². The van der Waals surface area contributed by atoms with Gasteiger partial charge in [-0.05, 0) is 138 Å². The van der Waals surface area contributed by atoms with E-state index in [9.17, 15) is 9.50 Å². The first kappa shape index (κ1) is 42.7. The number of aryl methyl sites for hydroxylation is 2. The van der Waals surface area contributed by atoms with Crippen LogP contribution in [0.4, 0.5) is 24.5 Å². The number of aromatic nitrogens is 3. The first-order valence-electron chi connectivity index (χ1n) is 23.2. The van der Waals surface area contributed by atoms with Gasteiger partial charge in [0, 0.05) is 88.8 Å². The van der Waals surface area contributed by atoms with E-state index in [-0.39, 0.29) is 22.9 Å². The number of anilines is 2. The lowest BCUT2D eigenvalue weighted by Gasteiger charge is -2.55. The highest BCUT2D eigenvalue weighted by Gasteiger charge is 2.45. The van der Waals surface area contributed by atoms with E-state index in [4.69, 9.17) is 9.73 Å². The number of fused-ring (bicyclic) bond motifs is 4. The van der Waals surface area contributed by atoms with Crippen molar-refractivity contribution in [1.29, 1.82) is 0 Å². The van der Waals surface area contributed by atoms with Crippen molar-refractivity contribution in [2.75, 3.05) is 55.6 Å². The van der Waals surface area contributed by atoms with Crippen molar-refractivity contribution in [3.63, 3.8) is 0 Å². The topological polar surface area (TPSA) is 82.2 Å². The Balaban J connectivity index is 0.687. The standard InChI is InChI=1S/C53H54F3N7O2S/c1-30-33(4)66-52-47(30)49(57-32(3)51-59-58-34(5)63(51)52)36-6-10-40(11-7-36)62-28-53(29-62)18-22-60(23-19-53)27-35-16-20-61(21-17-35)39-12-8-37(9-13-39)50-46(48-43(55)24-38(54)25-44(48)56)31(2)42-26-41(64)14-15-45(42)65-50/h6-15,24-26,32,35,50,64H,16-23,27-29H2,1-5H3/t32-,50+/m0/s1. The van der Waals surface area contributed by atoms with Crippen molar-refractivity contribution in [1.82, 2.24) is 19.7 Å². The summed E-state index contributed by atoms with van der Waals surface area (Å²) in [5.74, 6) is -0.0497. The van der Waals surface area contributed by atoms with Crippen LogP contribution in [-0.4, -0.2) is 76.3 Å². The molecule has 66 heavy (non-hydrogen) atoms. The number of halogens is 3. The zero-order valence-electron chi connectivity index (χ0n) is 38.0. The zero-order chi connectivity index (χ0) is 45.6. The minimum absolute atomic E-state index is 0.00920. The van der Waals surface area contributed by atoms with Crippen LogP contribution in [0.15, 0.2) is 83.9 Å². The molecule has 1 N–H and O–H groups in total. The molecule has 0 unspecified atom stereocenters. The summed E-state index contributed by atoms with van der Waals surface area (Å²) >= 11 is 1.79. The summed E-state index contributed by atoms with van der Waals surface area (Å²) in [6.45, 7) is 17.8. The first-order valence-corrected chi connectivity index (χ1v) is 24.0. The van der Waals surface area contributed by atoms with Crippen LogP contribution in [0, 0.1) is 49.6 Å². The fourth-order valence-electron chi connectivity index (χ4n) is 11.2. The molecular formula is C53H54F3N7O2S. The molecule has 7 heterocycles. The van der Waals surface area contributed by atoms with Gasteiger partial charge in [0.25, 0.3) is 0 Å². The van der Waals surface area contributed by atoms with E-state index in [1.807, 2.05) is 19.1 Å². The summed E-state index contributed by atoms with van der Waals surface area (Å²) < 4.78 is 53.3. The van der Waals surface area contributed by atoms with E-state index < -0.39 is 23.6 Å². The molecule has 6 aromatic rings. The molecule has 0 saturated carbocycles. The monoisotopic (exact) mass is 909 g/mol. The van der Waals surface area contributed by atoms with Crippen LogP contribution in [0.2, 0.25) is 0 Å². The lowest BCUT2D eigenvalue weighted by Crippen LogP contribution is -2.60. The maximum atomic E-state index is 15.3. The fourth-order valence-corrected chi connectivity index (χ4v) is 12.4. The van der Waals surface area contributed by atoms with Gasteiger partial charge in [0.2, 0.25) is 0 Å². The largest absolute Gasteiger partial charge is 0.508 e. The molecule has 0 aliphatic carbocycles. The normalized spacial score (nSPS) is 20.6. The van der Waals surface area contributed by atoms with Crippen molar-refractivity contribution in [3.05, 3.63) is 146 Å². The molecule has 5 aliphatic rings. The molecule has 2 aromatic heterocycles. The van der Waals surface area contributed by atoms with Crippen molar-refractivity contribution < 1.29 is 23.0 Å². The van der Waals surface area contributed by atoms with Gasteiger partial charge in [0.05, 0.1) is 11.3 Å². The Labute approximate surface area is 387 Å². The summed E-state index contributed by atoms with van der Waals surface area (Å²) in [7, 11) is 0. The van der Waals surface area contributed by atoms with Crippen molar-refractivity contribution >= 4 is 39.6 Å². The highest BCUT2D eigenvalue weighted by atomic mass is 32.1. The predicted octanol–water partition coefficient (Wildman–Crippen LogP) is 11.2. The van der Waals surface area contributed by atoms with Gasteiger partial charge in [-0.2, -0.15) is 0 Å². The number of likely N-dealkylation sites (tertiary alicyclic amines) is 1. The van der Waals surface area contributed by atoms with E-state index in [1.54, 1.807) is 24.3 Å². The average molecular weight is 910 g/mol. The number of hydrogen-bond acceptors (Lipinski definition) is 9. The third-order valence-corrected chi connectivity index (χ3v) is 16.3. The van der Waals surface area contributed by atoms with Gasteiger partial charge in [-0.15, -0.1) is 21.5 Å². The molecule has 11 rings (SSSR count). The molecule has 0 amide bonds. The Kier molecular flexibility index (Phi) is 10.6. The van der Waals surface area contributed by atoms with Gasteiger partial charge in [-0.1, -0.05) is 24.3 Å².